The van der Waals surface area contributed by atoms with Gasteiger partial charge in [0.05, 0.1) is 11.6 Å². The van der Waals surface area contributed by atoms with Gasteiger partial charge in [-0.25, -0.2) is 0 Å². The first-order valence-corrected chi connectivity index (χ1v) is 4.71. The minimum absolute atomic E-state index is 0.0257. The zero-order valence-electron chi connectivity index (χ0n) is 7.06. The summed E-state index contributed by atoms with van der Waals surface area (Å²) >= 11 is 1.45. The van der Waals surface area contributed by atoms with Crippen LogP contribution in [0.4, 0.5) is 0 Å². The number of rotatable bonds is 4. The lowest BCUT2D eigenvalue weighted by Crippen LogP contribution is -2.31. The predicted octanol–water partition coefficient (Wildman–Crippen LogP) is 0.605. The molecule has 0 saturated heterocycles. The number of terminal acetylenes is 1. The van der Waals surface area contributed by atoms with Crippen molar-refractivity contribution >= 4 is 17.1 Å². The highest BCUT2D eigenvalue weighted by atomic mass is 32.1. The van der Waals surface area contributed by atoms with E-state index in [1.165, 1.54) is 11.3 Å². The van der Waals surface area contributed by atoms with Crippen molar-refractivity contribution in [1.29, 1.82) is 0 Å². The highest BCUT2D eigenvalue weighted by Crippen LogP contribution is 2.07. The summed E-state index contributed by atoms with van der Waals surface area (Å²) in [5.74, 6) is 2.34. The van der Waals surface area contributed by atoms with Crippen LogP contribution < -0.4 is 5.73 Å². The van der Waals surface area contributed by atoms with E-state index in [0.717, 1.165) is 4.88 Å². The fourth-order valence-electron chi connectivity index (χ4n) is 0.873. The van der Waals surface area contributed by atoms with E-state index < -0.39 is 6.04 Å². The standard InChI is InChI=1S/C9H10N2OS/c1-2-3-8(10)9(12)4-7-5-11-6-13-7/h1,5-6,8H,3-4,10H2. The van der Waals surface area contributed by atoms with Crippen molar-refractivity contribution in [2.24, 2.45) is 5.73 Å². The Labute approximate surface area is 81.0 Å². The van der Waals surface area contributed by atoms with Crippen LogP contribution in [0, 0.1) is 12.3 Å². The normalized spacial score (nSPS) is 12.0. The molecule has 1 atom stereocenters. The number of Topliss-reactive ketones (excluding diaryl/α,β-unsaturated/α-hetero) is 1. The van der Waals surface area contributed by atoms with Crippen LogP contribution in [0.2, 0.25) is 0 Å². The maximum Gasteiger partial charge on any atom is 0.155 e. The first-order chi connectivity index (χ1) is 6.24. The molecule has 0 fully saturated rings. The summed E-state index contributed by atoms with van der Waals surface area (Å²) in [6.45, 7) is 0. The quantitative estimate of drug-likeness (QED) is 0.714. The predicted molar refractivity (Wildman–Crippen MR) is 52.3 cm³/mol. The Balaban J connectivity index is 2.47. The lowest BCUT2D eigenvalue weighted by atomic mass is 10.1. The fourth-order valence-corrected chi connectivity index (χ4v) is 1.48. The average molecular weight is 194 g/mol. The van der Waals surface area contributed by atoms with Gasteiger partial charge in [0.25, 0.3) is 0 Å². The second-order valence-corrected chi connectivity index (χ2v) is 3.60. The number of hydrogen-bond donors (Lipinski definition) is 1. The summed E-state index contributed by atoms with van der Waals surface area (Å²) in [6, 6.07) is -0.535. The van der Waals surface area contributed by atoms with E-state index in [9.17, 15) is 4.79 Å². The molecule has 0 aliphatic heterocycles. The largest absolute Gasteiger partial charge is 0.321 e. The number of ketones is 1. The van der Waals surface area contributed by atoms with Crippen LogP contribution in [0.3, 0.4) is 0 Å². The van der Waals surface area contributed by atoms with Crippen molar-refractivity contribution in [1.82, 2.24) is 4.98 Å². The summed E-state index contributed by atoms with van der Waals surface area (Å²) in [7, 11) is 0. The molecule has 0 saturated carbocycles. The van der Waals surface area contributed by atoms with Crippen molar-refractivity contribution in [3.05, 3.63) is 16.6 Å². The van der Waals surface area contributed by atoms with Crippen LogP contribution in [-0.4, -0.2) is 16.8 Å². The SMILES string of the molecule is C#CCC(N)C(=O)Cc1cncs1. The smallest absolute Gasteiger partial charge is 0.155 e. The number of carbonyl (C=O) groups excluding carboxylic acids is 1. The molecule has 4 heteroatoms. The summed E-state index contributed by atoms with van der Waals surface area (Å²) in [5.41, 5.74) is 7.23. The maximum absolute atomic E-state index is 11.4. The van der Waals surface area contributed by atoms with E-state index in [-0.39, 0.29) is 5.78 Å². The first-order valence-electron chi connectivity index (χ1n) is 3.83. The van der Waals surface area contributed by atoms with Crippen molar-refractivity contribution in [3.63, 3.8) is 0 Å². The Morgan fingerprint density at radius 2 is 2.62 bits per heavy atom. The van der Waals surface area contributed by atoms with Crippen LogP contribution in [0.25, 0.3) is 0 Å². The van der Waals surface area contributed by atoms with Crippen molar-refractivity contribution in [2.45, 2.75) is 18.9 Å². The molecule has 3 nitrogen and oxygen atoms in total. The monoisotopic (exact) mass is 194 g/mol. The minimum Gasteiger partial charge on any atom is -0.321 e. The molecular weight excluding hydrogens is 184 g/mol. The molecule has 1 unspecified atom stereocenters. The Morgan fingerprint density at radius 1 is 1.85 bits per heavy atom. The molecule has 68 valence electrons. The number of thiazole rings is 1. The number of nitrogens with zero attached hydrogens (tertiary/aromatic N) is 1. The highest BCUT2D eigenvalue weighted by Gasteiger charge is 2.13. The summed E-state index contributed by atoms with van der Waals surface area (Å²) in [4.78, 5) is 16.2. The van der Waals surface area contributed by atoms with E-state index in [2.05, 4.69) is 10.9 Å². The zero-order valence-corrected chi connectivity index (χ0v) is 7.88. The molecule has 13 heavy (non-hydrogen) atoms. The van der Waals surface area contributed by atoms with E-state index in [1.54, 1.807) is 11.7 Å². The minimum atomic E-state index is -0.535. The van der Waals surface area contributed by atoms with Crippen LogP contribution in [0.15, 0.2) is 11.7 Å². The van der Waals surface area contributed by atoms with Crippen LogP contribution in [0.5, 0.6) is 0 Å². The molecule has 0 aliphatic rings. The molecule has 0 spiro atoms. The molecule has 1 aromatic rings. The Hall–Kier alpha value is -1.18. The lowest BCUT2D eigenvalue weighted by Gasteiger charge is -2.04. The molecule has 0 radical (unpaired) electrons. The fraction of sp³-hybridized carbons (Fsp3) is 0.333. The van der Waals surface area contributed by atoms with Crippen molar-refractivity contribution in [3.8, 4) is 12.3 Å². The van der Waals surface area contributed by atoms with E-state index in [4.69, 9.17) is 12.2 Å². The van der Waals surface area contributed by atoms with E-state index >= 15 is 0 Å². The second-order valence-electron chi connectivity index (χ2n) is 2.63. The number of aromatic nitrogens is 1. The molecule has 0 bridgehead atoms. The van der Waals surface area contributed by atoms with Gasteiger partial charge in [-0.3, -0.25) is 9.78 Å². The molecule has 0 aliphatic carbocycles. The van der Waals surface area contributed by atoms with E-state index in [1.807, 2.05) is 0 Å². The van der Waals surface area contributed by atoms with Gasteiger partial charge in [-0.1, -0.05) is 0 Å². The molecule has 1 aromatic heterocycles. The van der Waals surface area contributed by atoms with Gasteiger partial charge in [-0.15, -0.1) is 23.7 Å². The first kappa shape index (κ1) is 9.90. The number of carbonyl (C=O) groups is 1. The molecule has 1 rings (SSSR count). The van der Waals surface area contributed by atoms with Gasteiger partial charge in [0.1, 0.15) is 0 Å². The summed E-state index contributed by atoms with van der Waals surface area (Å²) in [6.07, 6.45) is 7.36. The highest BCUT2D eigenvalue weighted by molar-refractivity contribution is 7.09. The maximum atomic E-state index is 11.4. The zero-order chi connectivity index (χ0) is 9.68. The van der Waals surface area contributed by atoms with Crippen LogP contribution in [0.1, 0.15) is 11.3 Å². The second kappa shape index (κ2) is 4.75. The van der Waals surface area contributed by atoms with Gasteiger partial charge in [-0.2, -0.15) is 0 Å². The van der Waals surface area contributed by atoms with Gasteiger partial charge < -0.3 is 5.73 Å². The Kier molecular flexibility index (Phi) is 3.62. The third-order valence-corrected chi connectivity index (χ3v) is 2.36. The Bertz CT molecular complexity index is 313. The van der Waals surface area contributed by atoms with Gasteiger partial charge in [-0.05, 0) is 0 Å². The molecule has 1 heterocycles. The summed E-state index contributed by atoms with van der Waals surface area (Å²) in [5, 5.41) is 0. The van der Waals surface area contributed by atoms with Gasteiger partial charge in [0.15, 0.2) is 5.78 Å². The molecular formula is C9H10N2OS. The molecule has 0 amide bonds. The number of nitrogens with two attached hydrogens (primary N) is 1. The molecule has 0 aromatic carbocycles. The average Bonchev–Trinajstić information content (AvgIpc) is 2.57. The number of hydrogen-bond acceptors (Lipinski definition) is 4. The van der Waals surface area contributed by atoms with E-state index in [0.29, 0.717) is 12.8 Å². The van der Waals surface area contributed by atoms with Crippen molar-refractivity contribution in [2.75, 3.05) is 0 Å². The third-order valence-electron chi connectivity index (χ3n) is 1.58. The summed E-state index contributed by atoms with van der Waals surface area (Å²) < 4.78 is 0. The van der Waals surface area contributed by atoms with Gasteiger partial charge >= 0.3 is 0 Å². The van der Waals surface area contributed by atoms with Gasteiger partial charge in [0, 0.05) is 23.9 Å². The molecule has 2 N–H and O–H groups in total. The Morgan fingerprint density at radius 3 is 3.15 bits per heavy atom. The van der Waals surface area contributed by atoms with Crippen LogP contribution in [-0.2, 0) is 11.2 Å². The van der Waals surface area contributed by atoms with Crippen molar-refractivity contribution < 1.29 is 4.79 Å². The third kappa shape index (κ3) is 2.98. The van der Waals surface area contributed by atoms with Gasteiger partial charge in [0.2, 0.25) is 0 Å². The lowest BCUT2D eigenvalue weighted by molar-refractivity contribution is -0.119. The van der Waals surface area contributed by atoms with Crippen LogP contribution >= 0.6 is 11.3 Å². The topological polar surface area (TPSA) is 56.0 Å².